The minimum absolute atomic E-state index is 0.0568. The van der Waals surface area contributed by atoms with Crippen LogP contribution in [0.3, 0.4) is 0 Å². The lowest BCUT2D eigenvalue weighted by Crippen LogP contribution is -2.34. The molecule has 4 rings (SSSR count). The van der Waals surface area contributed by atoms with Gasteiger partial charge in [-0.3, -0.25) is 4.79 Å². The Kier molecular flexibility index (Phi) is 5.90. The van der Waals surface area contributed by atoms with E-state index in [1.165, 1.54) is 17.7 Å². The van der Waals surface area contributed by atoms with E-state index in [2.05, 4.69) is 11.4 Å². The third-order valence-electron chi connectivity index (χ3n) is 5.08. The number of ether oxygens (including phenoxy) is 3. The molecule has 7 heteroatoms. The van der Waals surface area contributed by atoms with E-state index < -0.39 is 5.97 Å². The Balaban J connectivity index is 1.37. The summed E-state index contributed by atoms with van der Waals surface area (Å²) in [7, 11) is 0. The quantitative estimate of drug-likeness (QED) is 0.768. The molecule has 1 aliphatic carbocycles. The molecule has 0 bridgehead atoms. The molecule has 2 aromatic carbocycles. The molecule has 2 aliphatic rings. The van der Waals surface area contributed by atoms with Crippen LogP contribution in [0.5, 0.6) is 11.5 Å². The molecule has 0 unspecified atom stereocenters. The summed E-state index contributed by atoms with van der Waals surface area (Å²) in [6, 6.07) is 11.0. The molecule has 152 valence electrons. The maximum atomic E-state index is 12.4. The van der Waals surface area contributed by atoms with Crippen LogP contribution in [0.4, 0.5) is 0 Å². The second-order valence-electron chi connectivity index (χ2n) is 7.12. The zero-order valence-corrected chi connectivity index (χ0v) is 16.7. The van der Waals surface area contributed by atoms with E-state index in [1.807, 2.05) is 18.2 Å². The molecule has 0 spiro atoms. The number of aryl methyl sites for hydroxylation is 1. The molecule has 29 heavy (non-hydrogen) atoms. The van der Waals surface area contributed by atoms with Gasteiger partial charge >= 0.3 is 5.97 Å². The number of carbonyl (C=O) groups is 2. The van der Waals surface area contributed by atoms with Gasteiger partial charge in [-0.05, 0) is 42.5 Å². The predicted molar refractivity (Wildman–Crippen MR) is 108 cm³/mol. The van der Waals surface area contributed by atoms with Gasteiger partial charge in [-0.25, -0.2) is 4.79 Å². The lowest BCUT2D eigenvalue weighted by atomic mass is 9.88. The second kappa shape index (κ2) is 8.74. The van der Waals surface area contributed by atoms with Crippen LogP contribution in [0.1, 0.15) is 46.8 Å². The Hall–Kier alpha value is -2.73. The lowest BCUT2D eigenvalue weighted by Gasteiger charge is -2.26. The number of benzene rings is 2. The highest BCUT2D eigenvalue weighted by molar-refractivity contribution is 6.32. The molecule has 0 aromatic heterocycles. The average molecular weight is 416 g/mol. The summed E-state index contributed by atoms with van der Waals surface area (Å²) in [6.45, 7) is 0.623. The van der Waals surface area contributed by atoms with Crippen molar-refractivity contribution in [3.63, 3.8) is 0 Å². The number of halogens is 1. The first-order valence-electron chi connectivity index (χ1n) is 9.75. The largest absolute Gasteiger partial charge is 0.489 e. The van der Waals surface area contributed by atoms with E-state index in [4.69, 9.17) is 25.8 Å². The summed E-state index contributed by atoms with van der Waals surface area (Å²) in [6.07, 6.45) is 3.63. The van der Waals surface area contributed by atoms with Crippen molar-refractivity contribution >= 4 is 23.5 Å². The number of amides is 1. The molecule has 0 saturated heterocycles. The molecule has 0 radical (unpaired) electrons. The summed E-state index contributed by atoms with van der Waals surface area (Å²) >= 11 is 6.21. The molecule has 1 aliphatic heterocycles. The van der Waals surface area contributed by atoms with Crippen LogP contribution in [0, 0.1) is 0 Å². The van der Waals surface area contributed by atoms with Crippen LogP contribution in [0.25, 0.3) is 0 Å². The third kappa shape index (κ3) is 4.48. The molecule has 6 nitrogen and oxygen atoms in total. The summed E-state index contributed by atoms with van der Waals surface area (Å²) in [5.41, 5.74) is 2.60. The maximum Gasteiger partial charge on any atom is 0.338 e. The fourth-order valence-corrected chi connectivity index (χ4v) is 3.97. The number of carbonyl (C=O) groups excluding carboxylic acids is 2. The molecule has 2 aromatic rings. The Bertz CT molecular complexity index is 929. The monoisotopic (exact) mass is 415 g/mol. The summed E-state index contributed by atoms with van der Waals surface area (Å²) < 4.78 is 16.3. The van der Waals surface area contributed by atoms with E-state index in [0.717, 1.165) is 31.2 Å². The van der Waals surface area contributed by atoms with Crippen molar-refractivity contribution in [2.45, 2.75) is 31.7 Å². The van der Waals surface area contributed by atoms with Crippen LogP contribution in [0.2, 0.25) is 5.02 Å². The first kappa shape index (κ1) is 19.6. The van der Waals surface area contributed by atoms with Crippen molar-refractivity contribution in [2.75, 3.05) is 19.8 Å². The summed E-state index contributed by atoms with van der Waals surface area (Å²) in [4.78, 5) is 24.7. The standard InChI is InChI=1S/C22H22ClNO5/c23-17-11-15(12-19-21(17)28-10-4-9-27-19)22(26)29-13-20(25)24-18-8-3-6-14-5-1-2-7-16(14)18/h1-2,5,7,11-12,18H,3-4,6,8-10,13H2,(H,24,25)/t18-/m0/s1. The normalized spacial score (nSPS) is 17.6. The number of fused-ring (bicyclic) bond motifs is 2. The van der Waals surface area contributed by atoms with Crippen molar-refractivity contribution in [3.05, 3.63) is 58.1 Å². The van der Waals surface area contributed by atoms with Crippen LogP contribution >= 0.6 is 11.6 Å². The van der Waals surface area contributed by atoms with Gasteiger partial charge in [-0.15, -0.1) is 0 Å². The second-order valence-corrected chi connectivity index (χ2v) is 7.53. The minimum atomic E-state index is -0.637. The molecule has 1 heterocycles. The van der Waals surface area contributed by atoms with Gasteiger partial charge < -0.3 is 19.5 Å². The van der Waals surface area contributed by atoms with Crippen molar-refractivity contribution < 1.29 is 23.8 Å². The fraction of sp³-hybridized carbons (Fsp3) is 0.364. The third-order valence-corrected chi connectivity index (χ3v) is 5.36. The molecule has 1 N–H and O–H groups in total. The van der Waals surface area contributed by atoms with Crippen molar-refractivity contribution in [3.8, 4) is 11.5 Å². The van der Waals surface area contributed by atoms with Gasteiger partial charge in [0.25, 0.3) is 5.91 Å². The molecular formula is C22H22ClNO5. The Morgan fingerprint density at radius 3 is 2.86 bits per heavy atom. The predicted octanol–water partition coefficient (Wildman–Crippen LogP) is 3.85. The van der Waals surface area contributed by atoms with E-state index >= 15 is 0 Å². The molecule has 1 amide bonds. The topological polar surface area (TPSA) is 73.9 Å². The van der Waals surface area contributed by atoms with Crippen LogP contribution in [-0.4, -0.2) is 31.7 Å². The first-order chi connectivity index (χ1) is 14.1. The molecule has 0 fully saturated rings. The molecule has 0 saturated carbocycles. The maximum absolute atomic E-state index is 12.4. The van der Waals surface area contributed by atoms with Gasteiger partial charge in [0.1, 0.15) is 0 Å². The van der Waals surface area contributed by atoms with E-state index in [9.17, 15) is 9.59 Å². The summed E-state index contributed by atoms with van der Waals surface area (Å²) in [5.74, 6) is -0.137. The van der Waals surface area contributed by atoms with Crippen LogP contribution in [0.15, 0.2) is 36.4 Å². The Morgan fingerprint density at radius 1 is 1.14 bits per heavy atom. The van der Waals surface area contributed by atoms with Crippen molar-refractivity contribution in [1.82, 2.24) is 5.32 Å². The first-order valence-corrected chi connectivity index (χ1v) is 10.1. The van der Waals surface area contributed by atoms with E-state index in [1.54, 1.807) is 0 Å². The van der Waals surface area contributed by atoms with Crippen LogP contribution < -0.4 is 14.8 Å². The zero-order valence-electron chi connectivity index (χ0n) is 15.9. The van der Waals surface area contributed by atoms with Gasteiger partial charge in [0.2, 0.25) is 0 Å². The number of hydrogen-bond donors (Lipinski definition) is 1. The smallest absolute Gasteiger partial charge is 0.338 e. The van der Waals surface area contributed by atoms with Crippen molar-refractivity contribution in [2.24, 2.45) is 0 Å². The van der Waals surface area contributed by atoms with Gasteiger partial charge in [0, 0.05) is 6.42 Å². The van der Waals surface area contributed by atoms with Gasteiger partial charge in [0.15, 0.2) is 18.1 Å². The zero-order chi connectivity index (χ0) is 20.2. The number of esters is 1. The van der Waals surface area contributed by atoms with E-state index in [0.29, 0.717) is 24.7 Å². The minimum Gasteiger partial charge on any atom is -0.489 e. The highest BCUT2D eigenvalue weighted by Crippen LogP contribution is 2.38. The highest BCUT2D eigenvalue weighted by atomic mass is 35.5. The Labute approximate surface area is 174 Å². The number of nitrogens with one attached hydrogen (secondary N) is 1. The van der Waals surface area contributed by atoms with Gasteiger partial charge in [-0.2, -0.15) is 0 Å². The summed E-state index contributed by atoms with van der Waals surface area (Å²) in [5, 5.41) is 3.24. The Morgan fingerprint density at radius 2 is 1.97 bits per heavy atom. The van der Waals surface area contributed by atoms with Gasteiger partial charge in [-0.1, -0.05) is 35.9 Å². The van der Waals surface area contributed by atoms with E-state index in [-0.39, 0.29) is 29.1 Å². The van der Waals surface area contributed by atoms with Crippen molar-refractivity contribution in [1.29, 1.82) is 0 Å². The average Bonchev–Trinajstić information content (AvgIpc) is 2.98. The molecule has 1 atom stereocenters. The van der Waals surface area contributed by atoms with Gasteiger partial charge in [0.05, 0.1) is 29.8 Å². The van der Waals surface area contributed by atoms with Crippen LogP contribution in [-0.2, 0) is 16.0 Å². The number of rotatable bonds is 4. The number of hydrogen-bond acceptors (Lipinski definition) is 5. The highest BCUT2D eigenvalue weighted by Gasteiger charge is 2.23. The fourth-order valence-electron chi connectivity index (χ4n) is 3.70. The lowest BCUT2D eigenvalue weighted by molar-refractivity contribution is -0.125. The SMILES string of the molecule is O=C(COC(=O)c1cc(Cl)c2c(c1)OCCCO2)N[C@H]1CCCc2ccccc21. The molecular weight excluding hydrogens is 394 g/mol.